The summed E-state index contributed by atoms with van der Waals surface area (Å²) in [7, 11) is 0. The number of nitrogens with zero attached hydrogens (tertiary/aromatic N) is 2. The first-order valence-corrected chi connectivity index (χ1v) is 12.1. The van der Waals surface area contributed by atoms with Gasteiger partial charge in [-0.1, -0.05) is 13.0 Å². The highest BCUT2D eigenvalue weighted by Crippen LogP contribution is 2.60. The van der Waals surface area contributed by atoms with Gasteiger partial charge in [0.05, 0.1) is 5.69 Å². The fraction of sp³-hybridized carbons (Fsp3) is 0.542. The van der Waals surface area contributed by atoms with E-state index in [1.165, 1.54) is 50.3 Å². The molecule has 0 radical (unpaired) electrons. The number of aromatic nitrogens is 2. The summed E-state index contributed by atoms with van der Waals surface area (Å²) in [6.45, 7) is 2.52. The molecule has 7 heteroatoms. The molecule has 4 saturated carbocycles. The Morgan fingerprint density at radius 3 is 2.42 bits per heavy atom. The van der Waals surface area contributed by atoms with Gasteiger partial charge < -0.3 is 5.11 Å². The van der Waals surface area contributed by atoms with Gasteiger partial charge in [0.15, 0.2) is 0 Å². The highest BCUT2D eigenvalue weighted by molar-refractivity contribution is 9.10. The molecule has 0 amide bonds. The molecule has 2 N–H and O–H groups in total. The van der Waals surface area contributed by atoms with Crippen LogP contribution >= 0.6 is 15.9 Å². The van der Waals surface area contributed by atoms with Crippen LogP contribution in [0.5, 0.6) is 5.88 Å². The zero-order valence-electron chi connectivity index (χ0n) is 17.7. The molecule has 0 atom stereocenters. The molecule has 6 rings (SSSR count). The Kier molecular flexibility index (Phi) is 5.19. The molecule has 2 aromatic rings. The number of halogens is 1. The van der Waals surface area contributed by atoms with E-state index >= 15 is 0 Å². The molecule has 4 aliphatic rings. The predicted octanol–water partition coefficient (Wildman–Crippen LogP) is 4.29. The molecule has 0 spiro atoms. The van der Waals surface area contributed by atoms with Gasteiger partial charge in [-0.05, 0) is 102 Å². The van der Waals surface area contributed by atoms with Crippen LogP contribution in [0.2, 0.25) is 0 Å². The third-order valence-electron chi connectivity index (χ3n) is 7.53. The lowest BCUT2D eigenvalue weighted by atomic mass is 9.48. The molecule has 1 aromatic heterocycles. The molecule has 0 aliphatic heterocycles. The molecular formula is C24H28BrN3O3. The number of aliphatic imine (C=N–C) groups is 1. The number of aromatic hydroxyl groups is 1. The molecular weight excluding hydrogens is 458 g/mol. The van der Waals surface area contributed by atoms with E-state index in [9.17, 15) is 14.7 Å². The van der Waals surface area contributed by atoms with Crippen LogP contribution in [0.4, 0.5) is 0 Å². The normalized spacial score (nSPS) is 29.2. The van der Waals surface area contributed by atoms with Crippen LogP contribution in [0.1, 0.15) is 63.0 Å². The van der Waals surface area contributed by atoms with Gasteiger partial charge in [0.1, 0.15) is 5.56 Å². The van der Waals surface area contributed by atoms with Crippen LogP contribution in [-0.4, -0.2) is 27.4 Å². The summed E-state index contributed by atoms with van der Waals surface area (Å²) in [5.74, 6) is 2.15. The first-order valence-electron chi connectivity index (χ1n) is 11.3. The second-order valence-corrected chi connectivity index (χ2v) is 10.6. The van der Waals surface area contributed by atoms with Crippen molar-refractivity contribution in [3.63, 3.8) is 0 Å². The number of benzene rings is 1. The quantitative estimate of drug-likeness (QED) is 0.619. The zero-order chi connectivity index (χ0) is 21.8. The molecule has 6 nitrogen and oxygen atoms in total. The molecule has 0 saturated heterocycles. The predicted molar refractivity (Wildman–Crippen MR) is 125 cm³/mol. The first-order chi connectivity index (χ1) is 14.9. The van der Waals surface area contributed by atoms with Crippen LogP contribution in [0.25, 0.3) is 5.69 Å². The van der Waals surface area contributed by atoms with Crippen LogP contribution in [0, 0.1) is 17.8 Å². The Morgan fingerprint density at radius 1 is 1.19 bits per heavy atom. The minimum atomic E-state index is -0.668. The van der Waals surface area contributed by atoms with Crippen molar-refractivity contribution >= 4 is 22.1 Å². The summed E-state index contributed by atoms with van der Waals surface area (Å²) < 4.78 is 1.88. The van der Waals surface area contributed by atoms with Gasteiger partial charge in [-0.2, -0.15) is 0 Å². The Hall–Kier alpha value is -2.15. The van der Waals surface area contributed by atoms with Gasteiger partial charge in [0.2, 0.25) is 5.88 Å². The summed E-state index contributed by atoms with van der Waals surface area (Å²) in [5, 5.41) is 10.8. The van der Waals surface area contributed by atoms with E-state index in [-0.39, 0.29) is 11.0 Å². The number of nitrogens with one attached hydrogen (secondary N) is 1. The molecule has 4 fully saturated rings. The molecule has 164 valence electrons. The highest BCUT2D eigenvalue weighted by Gasteiger charge is 2.51. The van der Waals surface area contributed by atoms with Gasteiger partial charge >= 0.3 is 5.69 Å². The smallest absolute Gasteiger partial charge is 0.335 e. The zero-order valence-corrected chi connectivity index (χ0v) is 19.3. The summed E-state index contributed by atoms with van der Waals surface area (Å²) in [6, 6.07) is 6.10. The van der Waals surface area contributed by atoms with Crippen molar-refractivity contribution in [1.82, 2.24) is 9.55 Å². The summed E-state index contributed by atoms with van der Waals surface area (Å²) >= 11 is 3.64. The van der Waals surface area contributed by atoms with Crippen LogP contribution < -0.4 is 11.2 Å². The summed E-state index contributed by atoms with van der Waals surface area (Å²) in [4.78, 5) is 31.3. The number of rotatable bonds is 5. The minimum Gasteiger partial charge on any atom is -0.493 e. The van der Waals surface area contributed by atoms with E-state index in [0.29, 0.717) is 12.2 Å². The Morgan fingerprint density at radius 2 is 1.84 bits per heavy atom. The number of hydrogen-bond acceptors (Lipinski definition) is 4. The van der Waals surface area contributed by atoms with Gasteiger partial charge in [-0.15, -0.1) is 0 Å². The van der Waals surface area contributed by atoms with E-state index < -0.39 is 17.1 Å². The van der Waals surface area contributed by atoms with Crippen LogP contribution in [-0.2, 0) is 5.41 Å². The lowest BCUT2D eigenvalue weighted by molar-refractivity contribution is -0.00521. The topological polar surface area (TPSA) is 87.4 Å². The standard InChI is InChI=1S/C24H28BrN3O3/c1-2-5-26-13-18-21(29)27-23(31)28(22(18)30)20-4-3-17(9-19(20)25)24-10-14-6-15(11-24)8-16(7-14)12-24/h3-4,9,13-16,30H,2,5-8,10-12H2,1H3,(H,27,29,31). The third kappa shape index (κ3) is 3.51. The van der Waals surface area contributed by atoms with E-state index in [0.717, 1.165) is 33.2 Å². The number of hydrogen-bond donors (Lipinski definition) is 2. The Labute approximate surface area is 189 Å². The lowest BCUT2D eigenvalue weighted by Gasteiger charge is -2.57. The maximum absolute atomic E-state index is 12.6. The van der Waals surface area contributed by atoms with Gasteiger partial charge in [0.25, 0.3) is 5.56 Å². The van der Waals surface area contributed by atoms with E-state index in [4.69, 9.17) is 0 Å². The maximum atomic E-state index is 12.6. The second kappa shape index (κ2) is 7.76. The number of H-pyrrole nitrogens is 1. The van der Waals surface area contributed by atoms with Crippen molar-refractivity contribution in [2.75, 3.05) is 6.54 Å². The average molecular weight is 486 g/mol. The minimum absolute atomic E-state index is 0.00916. The monoisotopic (exact) mass is 485 g/mol. The fourth-order valence-electron chi connectivity index (χ4n) is 6.65. The van der Waals surface area contributed by atoms with Crippen LogP contribution in [0.15, 0.2) is 37.3 Å². The average Bonchev–Trinajstić information content (AvgIpc) is 2.70. The van der Waals surface area contributed by atoms with Crippen molar-refractivity contribution in [1.29, 1.82) is 0 Å². The highest BCUT2D eigenvalue weighted by atomic mass is 79.9. The lowest BCUT2D eigenvalue weighted by Crippen LogP contribution is -2.48. The van der Waals surface area contributed by atoms with Crippen molar-refractivity contribution in [2.45, 2.75) is 57.3 Å². The van der Waals surface area contributed by atoms with Gasteiger partial charge in [0, 0.05) is 17.2 Å². The number of aromatic amines is 1. The molecule has 1 heterocycles. The molecule has 4 bridgehead atoms. The van der Waals surface area contributed by atoms with E-state index in [1.807, 2.05) is 13.0 Å². The van der Waals surface area contributed by atoms with Crippen molar-refractivity contribution in [2.24, 2.45) is 22.7 Å². The van der Waals surface area contributed by atoms with E-state index in [1.54, 1.807) is 0 Å². The van der Waals surface area contributed by atoms with Crippen LogP contribution in [0.3, 0.4) is 0 Å². The third-order valence-corrected chi connectivity index (χ3v) is 8.17. The van der Waals surface area contributed by atoms with Crippen molar-refractivity contribution in [3.05, 3.63) is 54.6 Å². The molecule has 1 aromatic carbocycles. The molecule has 4 aliphatic carbocycles. The largest absolute Gasteiger partial charge is 0.493 e. The van der Waals surface area contributed by atoms with E-state index in [2.05, 4.69) is 38.0 Å². The van der Waals surface area contributed by atoms with Crippen molar-refractivity contribution < 1.29 is 5.11 Å². The molecule has 31 heavy (non-hydrogen) atoms. The molecule has 0 unspecified atom stereocenters. The SMILES string of the molecule is CCCN=Cc1c(O)n(-c2ccc(C34CC5CC(CC(C5)C3)C4)cc2Br)c(=O)[nH]c1=O. The summed E-state index contributed by atoms with van der Waals surface area (Å²) in [6.07, 6.45) is 10.1. The Bertz CT molecular complexity index is 1130. The summed E-state index contributed by atoms with van der Waals surface area (Å²) in [5.41, 5.74) is 0.760. The fourth-order valence-corrected chi connectivity index (χ4v) is 7.20. The maximum Gasteiger partial charge on any atom is 0.335 e. The van der Waals surface area contributed by atoms with Gasteiger partial charge in [-0.25, -0.2) is 9.36 Å². The first kappa shape index (κ1) is 20.7. The van der Waals surface area contributed by atoms with Crippen molar-refractivity contribution in [3.8, 4) is 11.6 Å². The Balaban J connectivity index is 1.55. The second-order valence-electron chi connectivity index (χ2n) is 9.73. The van der Waals surface area contributed by atoms with Gasteiger partial charge in [-0.3, -0.25) is 14.8 Å².